The number of amides is 1. The first-order valence-electron chi connectivity index (χ1n) is 7.14. The van der Waals surface area contributed by atoms with E-state index in [0.29, 0.717) is 17.2 Å². The Balaban J connectivity index is 3.04. The van der Waals surface area contributed by atoms with Gasteiger partial charge in [0.1, 0.15) is 5.69 Å². The van der Waals surface area contributed by atoms with Gasteiger partial charge in [0.2, 0.25) is 0 Å². The maximum atomic E-state index is 12.6. The molecule has 20 heavy (non-hydrogen) atoms. The van der Waals surface area contributed by atoms with Gasteiger partial charge < -0.3 is 9.88 Å². The molecule has 1 N–H and O–H groups in total. The molecule has 1 aromatic heterocycles. The summed E-state index contributed by atoms with van der Waals surface area (Å²) in [7, 11) is 1.82. The lowest BCUT2D eigenvalue weighted by Gasteiger charge is -2.26. The van der Waals surface area contributed by atoms with E-state index < -0.39 is 0 Å². The average Bonchev–Trinajstić information content (AvgIpc) is 2.61. The Morgan fingerprint density at radius 2 is 1.75 bits per heavy atom. The van der Waals surface area contributed by atoms with Gasteiger partial charge in [-0.05, 0) is 45.6 Å². The van der Waals surface area contributed by atoms with E-state index in [4.69, 9.17) is 0 Å². The maximum absolute atomic E-state index is 12.6. The lowest BCUT2D eigenvalue weighted by molar-refractivity contribution is 0.0722. The fourth-order valence-corrected chi connectivity index (χ4v) is 2.71. The standard InChI is InChI=1S/C16H26N2O2/c1-9(2)8-10(3)18(7)16(20)15-11(4)14(13(6)19)12(5)17-15/h9-10,17H,8H2,1-7H3/t10-/m1/s1. The Morgan fingerprint density at radius 3 is 2.15 bits per heavy atom. The number of H-pyrrole nitrogens is 1. The summed E-state index contributed by atoms with van der Waals surface area (Å²) in [5.41, 5.74) is 2.69. The van der Waals surface area contributed by atoms with E-state index in [1.54, 1.807) is 4.90 Å². The van der Waals surface area contributed by atoms with E-state index in [1.165, 1.54) is 6.92 Å². The largest absolute Gasteiger partial charge is 0.354 e. The molecule has 4 heteroatoms. The lowest BCUT2D eigenvalue weighted by atomic mass is 10.0. The van der Waals surface area contributed by atoms with E-state index in [1.807, 2.05) is 20.9 Å². The van der Waals surface area contributed by atoms with Crippen LogP contribution in [-0.2, 0) is 0 Å². The molecule has 1 atom stereocenters. The third-order valence-corrected chi connectivity index (χ3v) is 3.80. The zero-order chi connectivity index (χ0) is 15.6. The second kappa shape index (κ2) is 6.25. The molecule has 4 nitrogen and oxygen atoms in total. The van der Waals surface area contributed by atoms with Crippen molar-refractivity contribution in [1.82, 2.24) is 9.88 Å². The molecule has 0 aromatic carbocycles. The van der Waals surface area contributed by atoms with Gasteiger partial charge in [0.05, 0.1) is 0 Å². The minimum absolute atomic E-state index is 0.00631. The first-order chi connectivity index (χ1) is 9.16. The van der Waals surface area contributed by atoms with Gasteiger partial charge in [-0.1, -0.05) is 13.8 Å². The zero-order valence-electron chi connectivity index (χ0n) is 13.6. The highest BCUT2D eigenvalue weighted by molar-refractivity contribution is 6.02. The van der Waals surface area contributed by atoms with E-state index in [0.717, 1.165) is 17.7 Å². The molecule has 0 saturated heterocycles. The van der Waals surface area contributed by atoms with Crippen LogP contribution in [0.4, 0.5) is 0 Å². The van der Waals surface area contributed by atoms with E-state index >= 15 is 0 Å². The molecular formula is C16H26N2O2. The van der Waals surface area contributed by atoms with Gasteiger partial charge in [0.25, 0.3) is 5.91 Å². The first kappa shape index (κ1) is 16.5. The van der Waals surface area contributed by atoms with Crippen LogP contribution in [0.1, 0.15) is 66.2 Å². The molecule has 0 aliphatic rings. The maximum Gasteiger partial charge on any atom is 0.270 e. The van der Waals surface area contributed by atoms with Gasteiger partial charge >= 0.3 is 0 Å². The Hall–Kier alpha value is -1.58. The fourth-order valence-electron chi connectivity index (χ4n) is 2.71. The molecule has 0 aliphatic carbocycles. The van der Waals surface area contributed by atoms with Crippen molar-refractivity contribution >= 4 is 11.7 Å². The second-order valence-electron chi connectivity index (χ2n) is 6.08. The number of aryl methyl sites for hydroxylation is 1. The van der Waals surface area contributed by atoms with Crippen molar-refractivity contribution in [3.8, 4) is 0 Å². The summed E-state index contributed by atoms with van der Waals surface area (Å²) in [6.07, 6.45) is 0.959. The lowest BCUT2D eigenvalue weighted by Crippen LogP contribution is -2.36. The van der Waals surface area contributed by atoms with Crippen molar-refractivity contribution in [2.24, 2.45) is 5.92 Å². The predicted octanol–water partition coefficient (Wildman–Crippen LogP) is 3.34. The van der Waals surface area contributed by atoms with Crippen LogP contribution in [0.2, 0.25) is 0 Å². The Kier molecular flexibility index (Phi) is 5.15. The van der Waals surface area contributed by atoms with Gasteiger partial charge in [0.15, 0.2) is 5.78 Å². The highest BCUT2D eigenvalue weighted by atomic mass is 16.2. The third kappa shape index (κ3) is 3.30. The number of ketones is 1. The predicted molar refractivity (Wildman–Crippen MR) is 81.3 cm³/mol. The number of hydrogen-bond acceptors (Lipinski definition) is 2. The molecule has 0 unspecified atom stereocenters. The Bertz CT molecular complexity index is 515. The summed E-state index contributed by atoms with van der Waals surface area (Å²) >= 11 is 0. The molecule has 0 fully saturated rings. The summed E-state index contributed by atoms with van der Waals surface area (Å²) in [5.74, 6) is 0.485. The molecular weight excluding hydrogens is 252 g/mol. The highest BCUT2D eigenvalue weighted by Gasteiger charge is 2.24. The van der Waals surface area contributed by atoms with Crippen LogP contribution in [0.15, 0.2) is 0 Å². The van der Waals surface area contributed by atoms with Crippen molar-refractivity contribution in [2.75, 3.05) is 7.05 Å². The van der Waals surface area contributed by atoms with Crippen LogP contribution < -0.4 is 0 Å². The molecule has 0 bridgehead atoms. The van der Waals surface area contributed by atoms with Gasteiger partial charge in [-0.25, -0.2) is 0 Å². The summed E-state index contributed by atoms with van der Waals surface area (Å²) < 4.78 is 0. The summed E-state index contributed by atoms with van der Waals surface area (Å²) in [5, 5.41) is 0. The number of rotatable bonds is 5. The van der Waals surface area contributed by atoms with E-state index in [9.17, 15) is 9.59 Å². The van der Waals surface area contributed by atoms with Crippen LogP contribution in [-0.4, -0.2) is 34.7 Å². The number of aromatic amines is 1. The van der Waals surface area contributed by atoms with Crippen molar-refractivity contribution in [2.45, 2.75) is 54.0 Å². The topological polar surface area (TPSA) is 53.2 Å². The second-order valence-corrected chi connectivity index (χ2v) is 6.08. The zero-order valence-corrected chi connectivity index (χ0v) is 13.6. The molecule has 1 heterocycles. The quantitative estimate of drug-likeness (QED) is 0.840. The highest BCUT2D eigenvalue weighted by Crippen LogP contribution is 2.21. The number of Topliss-reactive ketones (excluding diaryl/α,β-unsaturated/α-hetero) is 1. The monoisotopic (exact) mass is 278 g/mol. The molecule has 1 amide bonds. The molecule has 1 aromatic rings. The molecule has 0 radical (unpaired) electrons. The Labute approximate surface area is 121 Å². The fraction of sp³-hybridized carbons (Fsp3) is 0.625. The minimum Gasteiger partial charge on any atom is -0.354 e. The number of carbonyl (C=O) groups excluding carboxylic acids is 2. The van der Waals surface area contributed by atoms with E-state index in [-0.39, 0.29) is 17.7 Å². The molecule has 0 spiro atoms. The van der Waals surface area contributed by atoms with Crippen molar-refractivity contribution in [1.29, 1.82) is 0 Å². The number of nitrogens with zero attached hydrogens (tertiary/aromatic N) is 1. The number of hydrogen-bond donors (Lipinski definition) is 1. The number of nitrogens with one attached hydrogen (secondary N) is 1. The SMILES string of the molecule is CC(=O)c1c(C)[nH]c(C(=O)N(C)[C@H](C)CC(C)C)c1C. The minimum atomic E-state index is -0.0498. The van der Waals surface area contributed by atoms with Crippen LogP contribution >= 0.6 is 0 Å². The van der Waals surface area contributed by atoms with Gasteiger partial charge in [-0.15, -0.1) is 0 Å². The van der Waals surface area contributed by atoms with Gasteiger partial charge in [-0.2, -0.15) is 0 Å². The van der Waals surface area contributed by atoms with Crippen molar-refractivity contribution < 1.29 is 9.59 Å². The number of aromatic nitrogens is 1. The van der Waals surface area contributed by atoms with Gasteiger partial charge in [0, 0.05) is 24.3 Å². The average molecular weight is 278 g/mol. The summed E-state index contributed by atoms with van der Waals surface area (Å²) in [6.45, 7) is 11.5. The third-order valence-electron chi connectivity index (χ3n) is 3.80. The van der Waals surface area contributed by atoms with Crippen LogP contribution in [0, 0.1) is 19.8 Å². The smallest absolute Gasteiger partial charge is 0.270 e. The van der Waals surface area contributed by atoms with Crippen LogP contribution in [0.25, 0.3) is 0 Å². The first-order valence-corrected chi connectivity index (χ1v) is 7.14. The summed E-state index contributed by atoms with van der Waals surface area (Å²) in [6, 6.07) is 0.172. The van der Waals surface area contributed by atoms with Crippen molar-refractivity contribution in [3.63, 3.8) is 0 Å². The summed E-state index contributed by atoms with van der Waals surface area (Å²) in [4.78, 5) is 29.0. The van der Waals surface area contributed by atoms with E-state index in [2.05, 4.69) is 25.8 Å². The molecule has 0 saturated carbocycles. The van der Waals surface area contributed by atoms with Gasteiger partial charge in [-0.3, -0.25) is 9.59 Å². The molecule has 112 valence electrons. The normalized spacial score (nSPS) is 12.6. The van der Waals surface area contributed by atoms with Crippen LogP contribution in [0.3, 0.4) is 0 Å². The Morgan fingerprint density at radius 1 is 1.20 bits per heavy atom. The molecule has 1 rings (SSSR count). The van der Waals surface area contributed by atoms with Crippen LogP contribution in [0.5, 0.6) is 0 Å². The van der Waals surface area contributed by atoms with Crippen molar-refractivity contribution in [3.05, 3.63) is 22.5 Å². The molecule has 0 aliphatic heterocycles. The number of carbonyl (C=O) groups is 2.